The van der Waals surface area contributed by atoms with E-state index in [1.807, 2.05) is 72.8 Å². The number of carbonyl (C=O) groups is 1. The lowest BCUT2D eigenvalue weighted by molar-refractivity contribution is 0.0985. The van der Waals surface area contributed by atoms with Gasteiger partial charge < -0.3 is 0 Å². The number of benzene rings is 4. The Morgan fingerprint density at radius 1 is 0.867 bits per heavy atom. The molecule has 0 radical (unpaired) electrons. The predicted molar refractivity (Wildman–Crippen MR) is 125 cm³/mol. The van der Waals surface area contributed by atoms with Crippen molar-refractivity contribution < 1.29 is 4.79 Å². The van der Waals surface area contributed by atoms with Crippen LogP contribution in [0.2, 0.25) is 0 Å². The molecule has 0 fully saturated rings. The molecule has 5 aromatic rings. The van der Waals surface area contributed by atoms with E-state index < -0.39 is 0 Å². The van der Waals surface area contributed by atoms with Crippen molar-refractivity contribution in [3.63, 3.8) is 0 Å². The lowest BCUT2D eigenvalue weighted by Crippen LogP contribution is -2.30. The zero-order valence-electron chi connectivity index (χ0n) is 16.6. The second-order valence-corrected chi connectivity index (χ2v) is 8.42. The molecule has 1 amide bonds. The molecule has 0 N–H and O–H groups in total. The minimum absolute atomic E-state index is 0.0413. The Labute approximate surface area is 179 Å². The van der Waals surface area contributed by atoms with Crippen molar-refractivity contribution in [2.75, 3.05) is 4.90 Å². The van der Waals surface area contributed by atoms with Gasteiger partial charge in [-0.3, -0.25) is 9.69 Å². The SMILES string of the molecule is Cc1ccc2nc(N(Cc3ccccc3)C(=O)c3ccc4ccccc4c3)sc2c1. The molecule has 0 spiro atoms. The maximum absolute atomic E-state index is 13.6. The van der Waals surface area contributed by atoms with E-state index in [2.05, 4.69) is 25.1 Å². The lowest BCUT2D eigenvalue weighted by Gasteiger charge is -2.20. The Hall–Kier alpha value is -3.50. The molecule has 4 heteroatoms. The van der Waals surface area contributed by atoms with Gasteiger partial charge in [0.15, 0.2) is 5.13 Å². The highest BCUT2D eigenvalue weighted by molar-refractivity contribution is 7.22. The summed E-state index contributed by atoms with van der Waals surface area (Å²) in [5.41, 5.74) is 3.85. The van der Waals surface area contributed by atoms with E-state index in [-0.39, 0.29) is 5.91 Å². The molecular weight excluding hydrogens is 388 g/mol. The quantitative estimate of drug-likeness (QED) is 0.335. The Kier molecular flexibility index (Phi) is 4.77. The van der Waals surface area contributed by atoms with Gasteiger partial charge in [-0.15, -0.1) is 0 Å². The highest BCUT2D eigenvalue weighted by atomic mass is 32.1. The summed E-state index contributed by atoms with van der Waals surface area (Å²) in [6, 6.07) is 30.2. The third kappa shape index (κ3) is 3.58. The molecule has 30 heavy (non-hydrogen) atoms. The van der Waals surface area contributed by atoms with Crippen LogP contribution in [0.3, 0.4) is 0 Å². The van der Waals surface area contributed by atoms with Gasteiger partial charge in [0.05, 0.1) is 16.8 Å². The van der Waals surface area contributed by atoms with Gasteiger partial charge in [-0.1, -0.05) is 78.1 Å². The monoisotopic (exact) mass is 408 g/mol. The first kappa shape index (κ1) is 18.5. The van der Waals surface area contributed by atoms with Crippen molar-refractivity contribution in [1.82, 2.24) is 4.98 Å². The minimum atomic E-state index is -0.0413. The summed E-state index contributed by atoms with van der Waals surface area (Å²) in [6.07, 6.45) is 0. The molecule has 5 rings (SSSR count). The van der Waals surface area contributed by atoms with Crippen molar-refractivity contribution in [1.29, 1.82) is 0 Å². The summed E-state index contributed by atoms with van der Waals surface area (Å²) in [6.45, 7) is 2.55. The molecule has 0 aliphatic carbocycles. The van der Waals surface area contributed by atoms with E-state index in [4.69, 9.17) is 4.98 Å². The molecule has 0 atom stereocenters. The Bertz CT molecular complexity index is 1360. The Morgan fingerprint density at radius 3 is 2.47 bits per heavy atom. The first-order chi connectivity index (χ1) is 14.7. The number of anilines is 1. The third-order valence-electron chi connectivity index (χ3n) is 5.19. The van der Waals surface area contributed by atoms with Crippen LogP contribution in [-0.2, 0) is 6.54 Å². The van der Waals surface area contributed by atoms with E-state index >= 15 is 0 Å². The molecule has 0 bridgehead atoms. The molecule has 1 aromatic heterocycles. The van der Waals surface area contributed by atoms with Crippen LogP contribution in [-0.4, -0.2) is 10.9 Å². The first-order valence-corrected chi connectivity index (χ1v) is 10.7. The maximum atomic E-state index is 13.6. The van der Waals surface area contributed by atoms with Crippen LogP contribution >= 0.6 is 11.3 Å². The predicted octanol–water partition coefficient (Wildman–Crippen LogP) is 6.60. The second-order valence-electron chi connectivity index (χ2n) is 7.41. The summed E-state index contributed by atoms with van der Waals surface area (Å²) in [4.78, 5) is 20.2. The van der Waals surface area contributed by atoms with Crippen molar-refractivity contribution in [3.05, 3.63) is 108 Å². The average Bonchev–Trinajstić information content (AvgIpc) is 3.20. The molecule has 0 saturated carbocycles. The molecule has 0 saturated heterocycles. The number of nitrogens with zero attached hydrogens (tertiary/aromatic N) is 2. The van der Waals surface area contributed by atoms with E-state index in [0.717, 1.165) is 31.7 Å². The van der Waals surface area contributed by atoms with Gasteiger partial charge in [0, 0.05) is 5.56 Å². The topological polar surface area (TPSA) is 33.2 Å². The molecule has 0 aliphatic rings. The van der Waals surface area contributed by atoms with Crippen LogP contribution in [0.1, 0.15) is 21.5 Å². The number of fused-ring (bicyclic) bond motifs is 2. The fourth-order valence-electron chi connectivity index (χ4n) is 3.61. The highest BCUT2D eigenvalue weighted by Crippen LogP contribution is 2.32. The van der Waals surface area contributed by atoms with Crippen molar-refractivity contribution in [2.24, 2.45) is 0 Å². The van der Waals surface area contributed by atoms with Gasteiger partial charge in [0.25, 0.3) is 5.91 Å². The Balaban J connectivity index is 1.59. The summed E-state index contributed by atoms with van der Waals surface area (Å²) in [5, 5.41) is 2.90. The number of amides is 1. The van der Waals surface area contributed by atoms with E-state index in [1.165, 1.54) is 5.56 Å². The minimum Gasteiger partial charge on any atom is -0.279 e. The normalized spacial score (nSPS) is 11.1. The largest absolute Gasteiger partial charge is 0.279 e. The van der Waals surface area contributed by atoms with Crippen LogP contribution < -0.4 is 4.90 Å². The van der Waals surface area contributed by atoms with Gasteiger partial charge in [-0.25, -0.2) is 4.98 Å². The molecule has 146 valence electrons. The number of aromatic nitrogens is 1. The maximum Gasteiger partial charge on any atom is 0.260 e. The average molecular weight is 409 g/mol. The number of hydrogen-bond acceptors (Lipinski definition) is 3. The van der Waals surface area contributed by atoms with Crippen LogP contribution in [0.25, 0.3) is 21.0 Å². The van der Waals surface area contributed by atoms with Crippen LogP contribution in [0.15, 0.2) is 91.0 Å². The van der Waals surface area contributed by atoms with Crippen LogP contribution in [0, 0.1) is 6.92 Å². The Morgan fingerprint density at radius 2 is 1.63 bits per heavy atom. The van der Waals surface area contributed by atoms with Gasteiger partial charge >= 0.3 is 0 Å². The lowest BCUT2D eigenvalue weighted by atomic mass is 10.1. The molecule has 0 unspecified atom stereocenters. The summed E-state index contributed by atoms with van der Waals surface area (Å²) in [7, 11) is 0. The zero-order chi connectivity index (χ0) is 20.5. The summed E-state index contributed by atoms with van der Waals surface area (Å²) >= 11 is 1.56. The first-order valence-electron chi connectivity index (χ1n) is 9.89. The zero-order valence-corrected chi connectivity index (χ0v) is 17.4. The fraction of sp³-hybridized carbons (Fsp3) is 0.0769. The highest BCUT2D eigenvalue weighted by Gasteiger charge is 2.22. The van der Waals surface area contributed by atoms with Gasteiger partial charge in [-0.2, -0.15) is 0 Å². The van der Waals surface area contributed by atoms with Crippen molar-refractivity contribution in [2.45, 2.75) is 13.5 Å². The van der Waals surface area contributed by atoms with Crippen molar-refractivity contribution in [3.8, 4) is 0 Å². The number of carbonyl (C=O) groups excluding carboxylic acids is 1. The smallest absolute Gasteiger partial charge is 0.260 e. The van der Waals surface area contributed by atoms with E-state index in [9.17, 15) is 4.79 Å². The van der Waals surface area contributed by atoms with Crippen molar-refractivity contribution >= 4 is 43.4 Å². The summed E-state index contributed by atoms with van der Waals surface area (Å²) < 4.78 is 1.09. The van der Waals surface area contributed by atoms with Gasteiger partial charge in [0.2, 0.25) is 0 Å². The molecule has 3 nitrogen and oxygen atoms in total. The standard InChI is InChI=1S/C26H20N2OS/c1-18-11-14-23-24(15-18)30-26(27-23)28(17-19-7-3-2-4-8-19)25(29)22-13-12-20-9-5-6-10-21(20)16-22/h2-16H,17H2,1H3. The number of hydrogen-bond donors (Lipinski definition) is 0. The van der Waals surface area contributed by atoms with E-state index in [1.54, 1.807) is 16.2 Å². The number of aryl methyl sites for hydroxylation is 1. The van der Waals surface area contributed by atoms with Crippen LogP contribution in [0.4, 0.5) is 5.13 Å². The third-order valence-corrected chi connectivity index (χ3v) is 6.23. The second kappa shape index (κ2) is 7.73. The van der Waals surface area contributed by atoms with Gasteiger partial charge in [0.1, 0.15) is 0 Å². The van der Waals surface area contributed by atoms with Crippen LogP contribution in [0.5, 0.6) is 0 Å². The number of rotatable bonds is 4. The fourth-order valence-corrected chi connectivity index (χ4v) is 4.67. The molecule has 4 aromatic carbocycles. The molecule has 1 heterocycles. The molecule has 0 aliphatic heterocycles. The molecular formula is C26H20N2OS. The number of thiazole rings is 1. The van der Waals surface area contributed by atoms with Gasteiger partial charge in [-0.05, 0) is 53.1 Å². The van der Waals surface area contributed by atoms with E-state index in [0.29, 0.717) is 12.1 Å². The summed E-state index contributed by atoms with van der Waals surface area (Å²) in [5.74, 6) is -0.0413.